The average molecular weight is 347 g/mol. The predicted molar refractivity (Wildman–Crippen MR) is 90.9 cm³/mol. The van der Waals surface area contributed by atoms with Gasteiger partial charge in [0.15, 0.2) is 5.82 Å². The zero-order chi connectivity index (χ0) is 16.1. The molecule has 118 valence electrons. The van der Waals surface area contributed by atoms with E-state index in [2.05, 4.69) is 15.4 Å². The zero-order valence-corrected chi connectivity index (χ0v) is 13.8. The molecular weight excluding hydrogens is 332 g/mol. The molecule has 0 saturated carbocycles. The summed E-state index contributed by atoms with van der Waals surface area (Å²) in [5.74, 6) is 0.769. The number of carbonyl (C=O) groups excluding carboxylic acids is 1. The maximum Gasteiger partial charge on any atom is 0.220 e. The number of nitrogens with one attached hydrogen (secondary N) is 1. The Labute approximate surface area is 142 Å². The molecule has 0 aromatic carbocycles. The Bertz CT molecular complexity index is 768. The van der Waals surface area contributed by atoms with Crippen LogP contribution in [0.5, 0.6) is 0 Å². The number of aryl methyl sites for hydroxylation is 1. The number of carbonyl (C=O) groups is 1. The van der Waals surface area contributed by atoms with Crippen molar-refractivity contribution in [2.45, 2.75) is 19.4 Å². The zero-order valence-electron chi connectivity index (χ0n) is 12.3. The van der Waals surface area contributed by atoms with Crippen molar-refractivity contribution >= 4 is 28.8 Å². The third-order valence-corrected chi connectivity index (χ3v) is 4.60. The predicted octanol–water partition coefficient (Wildman–Crippen LogP) is 3.23. The molecule has 1 N–H and O–H groups in total. The Morgan fingerprint density at radius 1 is 1.39 bits per heavy atom. The fraction of sp³-hybridized carbons (Fsp3) is 0.188. The van der Waals surface area contributed by atoms with Gasteiger partial charge in [0.05, 0.1) is 5.02 Å². The second-order valence-corrected chi connectivity index (χ2v) is 6.42. The number of hydrogen-bond donors (Lipinski definition) is 1. The number of nitrogens with zero attached hydrogens (tertiary/aromatic N) is 3. The van der Waals surface area contributed by atoms with Crippen molar-refractivity contribution in [2.75, 3.05) is 0 Å². The quantitative estimate of drug-likeness (QED) is 0.745. The third kappa shape index (κ3) is 4.40. The summed E-state index contributed by atoms with van der Waals surface area (Å²) >= 11 is 7.44. The highest BCUT2D eigenvalue weighted by molar-refractivity contribution is 7.10. The summed E-state index contributed by atoms with van der Waals surface area (Å²) in [6.07, 6.45) is 6.45. The smallest absolute Gasteiger partial charge is 0.220 e. The second kappa shape index (κ2) is 7.39. The van der Waals surface area contributed by atoms with Gasteiger partial charge >= 0.3 is 0 Å². The number of hydrogen-bond acceptors (Lipinski definition) is 4. The fourth-order valence-electron chi connectivity index (χ4n) is 2.07. The number of thiophene rings is 1. The van der Waals surface area contributed by atoms with Crippen LogP contribution in [0.15, 0.2) is 48.2 Å². The van der Waals surface area contributed by atoms with Gasteiger partial charge in [-0.25, -0.2) is 9.67 Å². The Morgan fingerprint density at radius 2 is 2.30 bits per heavy atom. The molecule has 3 heterocycles. The first-order valence-electron chi connectivity index (χ1n) is 7.15. The molecule has 7 heteroatoms. The molecule has 0 aliphatic heterocycles. The Hall–Kier alpha value is -2.18. The summed E-state index contributed by atoms with van der Waals surface area (Å²) in [4.78, 5) is 17.3. The highest BCUT2D eigenvalue weighted by atomic mass is 35.5. The highest BCUT2D eigenvalue weighted by Crippen LogP contribution is 2.20. The monoisotopic (exact) mass is 346 g/mol. The summed E-state index contributed by atoms with van der Waals surface area (Å²) in [5.41, 5.74) is 0.952. The molecule has 0 saturated heterocycles. The molecule has 0 fully saturated rings. The van der Waals surface area contributed by atoms with Gasteiger partial charge in [0.25, 0.3) is 0 Å². The summed E-state index contributed by atoms with van der Waals surface area (Å²) < 4.78 is 1.69. The third-order valence-electron chi connectivity index (χ3n) is 3.26. The van der Waals surface area contributed by atoms with Crippen LogP contribution >= 0.6 is 22.9 Å². The van der Waals surface area contributed by atoms with E-state index in [1.54, 1.807) is 28.4 Å². The molecule has 5 nitrogen and oxygen atoms in total. The van der Waals surface area contributed by atoms with Crippen molar-refractivity contribution in [1.29, 1.82) is 0 Å². The van der Waals surface area contributed by atoms with Crippen LogP contribution in [0.25, 0.3) is 5.82 Å². The molecule has 0 aliphatic rings. The van der Waals surface area contributed by atoms with Gasteiger partial charge in [-0.2, -0.15) is 5.10 Å². The fourth-order valence-corrected chi connectivity index (χ4v) is 3.15. The van der Waals surface area contributed by atoms with Crippen molar-refractivity contribution < 1.29 is 4.79 Å². The number of aromatic nitrogens is 3. The lowest BCUT2D eigenvalue weighted by molar-refractivity contribution is -0.121. The lowest BCUT2D eigenvalue weighted by Crippen LogP contribution is -2.23. The van der Waals surface area contributed by atoms with E-state index in [0.717, 1.165) is 21.3 Å². The van der Waals surface area contributed by atoms with E-state index in [9.17, 15) is 4.79 Å². The van der Waals surface area contributed by atoms with E-state index in [1.165, 1.54) is 0 Å². The first-order valence-corrected chi connectivity index (χ1v) is 8.41. The van der Waals surface area contributed by atoms with Gasteiger partial charge in [0, 0.05) is 41.8 Å². The Morgan fingerprint density at radius 3 is 2.96 bits per heavy atom. The molecule has 3 aromatic rings. The molecule has 3 aromatic heterocycles. The van der Waals surface area contributed by atoms with Crippen molar-refractivity contribution in [3.05, 3.63) is 63.7 Å². The lowest BCUT2D eigenvalue weighted by atomic mass is 10.2. The van der Waals surface area contributed by atoms with Crippen molar-refractivity contribution in [3.8, 4) is 5.82 Å². The molecular formula is C16H15ClN4OS. The Balaban J connectivity index is 1.47. The van der Waals surface area contributed by atoms with Gasteiger partial charge in [-0.15, -0.1) is 11.3 Å². The van der Waals surface area contributed by atoms with Crippen molar-refractivity contribution in [2.24, 2.45) is 0 Å². The van der Waals surface area contributed by atoms with Crippen LogP contribution in [0.4, 0.5) is 0 Å². The molecule has 0 bridgehead atoms. The highest BCUT2D eigenvalue weighted by Gasteiger charge is 2.05. The second-order valence-electron chi connectivity index (χ2n) is 4.98. The molecule has 0 aliphatic carbocycles. The Kier molecular flexibility index (Phi) is 5.05. The summed E-state index contributed by atoms with van der Waals surface area (Å²) in [7, 11) is 0. The standard InChI is InChI=1S/C16H15ClN4OS/c17-13-8-14(23-11-13)3-5-16(22)19-10-12-2-4-15(18-9-12)21-7-1-6-20-21/h1-2,4,6-9,11H,3,5,10H2,(H,19,22). The van der Waals surface area contributed by atoms with Gasteiger partial charge in [-0.1, -0.05) is 17.7 Å². The van der Waals surface area contributed by atoms with Crippen molar-refractivity contribution in [3.63, 3.8) is 0 Å². The molecule has 0 atom stereocenters. The van der Waals surface area contributed by atoms with E-state index in [1.807, 2.05) is 35.8 Å². The summed E-state index contributed by atoms with van der Waals surface area (Å²) in [6.45, 7) is 0.469. The molecule has 3 rings (SSSR count). The van der Waals surface area contributed by atoms with E-state index in [0.29, 0.717) is 19.4 Å². The molecule has 1 amide bonds. The van der Waals surface area contributed by atoms with E-state index < -0.39 is 0 Å². The SMILES string of the molecule is O=C(CCc1cc(Cl)cs1)NCc1ccc(-n2cccn2)nc1. The maximum atomic E-state index is 11.9. The topological polar surface area (TPSA) is 59.8 Å². The number of halogens is 1. The van der Waals surface area contributed by atoms with E-state index >= 15 is 0 Å². The average Bonchev–Trinajstić information content (AvgIpc) is 3.23. The molecule has 23 heavy (non-hydrogen) atoms. The minimum Gasteiger partial charge on any atom is -0.352 e. The lowest BCUT2D eigenvalue weighted by Gasteiger charge is -2.06. The number of pyridine rings is 1. The van der Waals surface area contributed by atoms with Gasteiger partial charge in [-0.05, 0) is 30.2 Å². The van der Waals surface area contributed by atoms with Gasteiger partial charge in [-0.3, -0.25) is 4.79 Å². The van der Waals surface area contributed by atoms with Crippen LogP contribution < -0.4 is 5.32 Å². The minimum atomic E-state index is 0.0191. The molecule has 0 spiro atoms. The number of amides is 1. The normalized spacial score (nSPS) is 10.7. The summed E-state index contributed by atoms with van der Waals surface area (Å²) in [6, 6.07) is 7.56. The van der Waals surface area contributed by atoms with Crippen molar-refractivity contribution in [1.82, 2.24) is 20.1 Å². The number of rotatable bonds is 6. The first kappa shape index (κ1) is 15.7. The van der Waals surface area contributed by atoms with Crippen LogP contribution in [0.3, 0.4) is 0 Å². The molecule has 0 radical (unpaired) electrons. The van der Waals surface area contributed by atoms with Gasteiger partial charge < -0.3 is 5.32 Å². The van der Waals surface area contributed by atoms with Crippen LogP contribution in [0.1, 0.15) is 16.9 Å². The first-order chi connectivity index (χ1) is 11.2. The van der Waals surface area contributed by atoms with Gasteiger partial charge in [0.2, 0.25) is 5.91 Å². The van der Waals surface area contributed by atoms with Crippen LogP contribution in [-0.4, -0.2) is 20.7 Å². The van der Waals surface area contributed by atoms with Crippen LogP contribution in [0.2, 0.25) is 5.02 Å². The largest absolute Gasteiger partial charge is 0.352 e. The van der Waals surface area contributed by atoms with Crippen LogP contribution in [-0.2, 0) is 17.8 Å². The van der Waals surface area contributed by atoms with Gasteiger partial charge in [0.1, 0.15) is 0 Å². The summed E-state index contributed by atoms with van der Waals surface area (Å²) in [5, 5.41) is 9.63. The maximum absolute atomic E-state index is 11.9. The molecule has 0 unspecified atom stereocenters. The minimum absolute atomic E-state index is 0.0191. The van der Waals surface area contributed by atoms with E-state index in [4.69, 9.17) is 11.6 Å². The van der Waals surface area contributed by atoms with Crippen LogP contribution in [0, 0.1) is 0 Å². The van der Waals surface area contributed by atoms with E-state index in [-0.39, 0.29) is 5.91 Å².